The van der Waals surface area contributed by atoms with Gasteiger partial charge in [0.05, 0.1) is 6.04 Å². The van der Waals surface area contributed by atoms with Crippen molar-refractivity contribution < 1.29 is 4.79 Å². The fraction of sp³-hybridized carbons (Fsp3) is 0.455. The predicted octanol–water partition coefficient (Wildman–Crippen LogP) is 0.314. The van der Waals surface area contributed by atoms with Crippen molar-refractivity contribution in [2.24, 2.45) is 5.73 Å². The molecule has 1 aliphatic rings. The number of carbonyl (C=O) groups excluding carboxylic acids is 1. The Hall–Kier alpha value is -1.42. The Labute approximate surface area is 89.1 Å². The van der Waals surface area contributed by atoms with Gasteiger partial charge in [0.15, 0.2) is 0 Å². The van der Waals surface area contributed by atoms with Gasteiger partial charge in [0.25, 0.3) is 0 Å². The molecule has 0 fully saturated rings. The monoisotopic (exact) mass is 205 g/mol. The number of aromatic nitrogens is 1. The van der Waals surface area contributed by atoms with Gasteiger partial charge in [0.2, 0.25) is 5.91 Å². The molecule has 15 heavy (non-hydrogen) atoms. The summed E-state index contributed by atoms with van der Waals surface area (Å²) in [6.45, 7) is 3.09. The Kier molecular flexibility index (Phi) is 2.68. The van der Waals surface area contributed by atoms with E-state index in [1.165, 1.54) is 0 Å². The van der Waals surface area contributed by atoms with Crippen LogP contribution in [0.15, 0.2) is 18.3 Å². The first-order valence-electron chi connectivity index (χ1n) is 5.15. The topological polar surface area (TPSA) is 59.2 Å². The zero-order valence-corrected chi connectivity index (χ0v) is 8.81. The first kappa shape index (κ1) is 10.1. The van der Waals surface area contributed by atoms with Gasteiger partial charge < -0.3 is 10.6 Å². The number of amides is 1. The minimum absolute atomic E-state index is 0.0181. The van der Waals surface area contributed by atoms with Crippen molar-refractivity contribution in [1.29, 1.82) is 0 Å². The molecule has 0 radical (unpaired) electrons. The molecule has 0 saturated heterocycles. The highest BCUT2D eigenvalue weighted by atomic mass is 16.2. The lowest BCUT2D eigenvalue weighted by Gasteiger charge is -2.29. The molecule has 1 amide bonds. The Morgan fingerprint density at radius 1 is 1.67 bits per heavy atom. The van der Waals surface area contributed by atoms with E-state index in [4.69, 9.17) is 5.73 Å². The molecular formula is C11H15N3O. The summed E-state index contributed by atoms with van der Waals surface area (Å²) in [4.78, 5) is 17.8. The second kappa shape index (κ2) is 3.98. The molecule has 0 saturated carbocycles. The van der Waals surface area contributed by atoms with Gasteiger partial charge in [-0.15, -0.1) is 0 Å². The van der Waals surface area contributed by atoms with Crippen LogP contribution in [0.4, 0.5) is 0 Å². The van der Waals surface area contributed by atoms with E-state index in [1.54, 1.807) is 18.0 Å². The normalized spacial score (nSPS) is 17.1. The second-order valence-electron chi connectivity index (χ2n) is 3.91. The first-order chi connectivity index (χ1) is 7.18. The highest BCUT2D eigenvalue weighted by Gasteiger charge is 2.22. The average Bonchev–Trinajstić information content (AvgIpc) is 2.27. The lowest BCUT2D eigenvalue weighted by molar-refractivity contribution is -0.133. The summed E-state index contributed by atoms with van der Waals surface area (Å²) >= 11 is 0. The van der Waals surface area contributed by atoms with Crippen LogP contribution in [0.2, 0.25) is 0 Å². The lowest BCUT2D eigenvalue weighted by atomic mass is 10.1. The molecule has 0 unspecified atom stereocenters. The SMILES string of the molecule is C[C@H](N)C(=O)N1CCc2ncccc2C1. The third-order valence-corrected chi connectivity index (χ3v) is 2.67. The third kappa shape index (κ3) is 1.99. The first-order valence-corrected chi connectivity index (χ1v) is 5.15. The van der Waals surface area contributed by atoms with Gasteiger partial charge >= 0.3 is 0 Å². The molecular weight excluding hydrogens is 190 g/mol. The van der Waals surface area contributed by atoms with Crippen molar-refractivity contribution in [2.75, 3.05) is 6.54 Å². The Balaban J connectivity index is 2.15. The largest absolute Gasteiger partial charge is 0.337 e. The van der Waals surface area contributed by atoms with Crippen molar-refractivity contribution in [3.63, 3.8) is 0 Å². The van der Waals surface area contributed by atoms with E-state index in [-0.39, 0.29) is 5.91 Å². The van der Waals surface area contributed by atoms with Gasteiger partial charge in [-0.3, -0.25) is 9.78 Å². The van der Waals surface area contributed by atoms with Gasteiger partial charge in [0.1, 0.15) is 0 Å². The molecule has 1 aromatic rings. The molecule has 0 spiro atoms. The minimum atomic E-state index is -0.414. The van der Waals surface area contributed by atoms with Crippen LogP contribution in [0.25, 0.3) is 0 Å². The predicted molar refractivity (Wildman–Crippen MR) is 57.0 cm³/mol. The molecule has 0 bridgehead atoms. The second-order valence-corrected chi connectivity index (χ2v) is 3.91. The summed E-state index contributed by atoms with van der Waals surface area (Å²) in [7, 11) is 0. The van der Waals surface area contributed by atoms with Gasteiger partial charge in [-0.2, -0.15) is 0 Å². The number of pyridine rings is 1. The summed E-state index contributed by atoms with van der Waals surface area (Å²) in [5, 5.41) is 0. The lowest BCUT2D eigenvalue weighted by Crippen LogP contribution is -2.44. The molecule has 1 aliphatic heterocycles. The van der Waals surface area contributed by atoms with Crippen LogP contribution in [0, 0.1) is 0 Å². The van der Waals surface area contributed by atoms with Crippen LogP contribution >= 0.6 is 0 Å². The zero-order chi connectivity index (χ0) is 10.8. The van der Waals surface area contributed by atoms with E-state index in [0.717, 1.165) is 24.2 Å². The van der Waals surface area contributed by atoms with E-state index in [0.29, 0.717) is 6.54 Å². The summed E-state index contributed by atoms with van der Waals surface area (Å²) in [5.74, 6) is 0.0181. The van der Waals surface area contributed by atoms with Crippen molar-refractivity contribution in [3.05, 3.63) is 29.6 Å². The van der Waals surface area contributed by atoms with Crippen molar-refractivity contribution in [3.8, 4) is 0 Å². The van der Waals surface area contributed by atoms with Crippen LogP contribution in [0.5, 0.6) is 0 Å². The van der Waals surface area contributed by atoms with Crippen molar-refractivity contribution in [2.45, 2.75) is 25.9 Å². The van der Waals surface area contributed by atoms with Crippen LogP contribution in [0.1, 0.15) is 18.2 Å². The number of fused-ring (bicyclic) bond motifs is 1. The summed E-state index contributed by atoms with van der Waals surface area (Å²) in [5.41, 5.74) is 7.82. The summed E-state index contributed by atoms with van der Waals surface area (Å²) < 4.78 is 0. The minimum Gasteiger partial charge on any atom is -0.337 e. The quantitative estimate of drug-likeness (QED) is 0.718. The molecule has 1 aromatic heterocycles. The molecule has 4 nitrogen and oxygen atoms in total. The van der Waals surface area contributed by atoms with Gasteiger partial charge in [-0.25, -0.2) is 0 Å². The van der Waals surface area contributed by atoms with Crippen molar-refractivity contribution in [1.82, 2.24) is 9.88 Å². The molecule has 2 rings (SSSR count). The van der Waals surface area contributed by atoms with E-state index in [1.807, 2.05) is 12.1 Å². The average molecular weight is 205 g/mol. The number of rotatable bonds is 1. The molecule has 2 heterocycles. The maximum absolute atomic E-state index is 11.7. The van der Waals surface area contributed by atoms with Gasteiger partial charge in [-0.05, 0) is 18.6 Å². The number of hydrogen-bond acceptors (Lipinski definition) is 3. The van der Waals surface area contributed by atoms with E-state index in [2.05, 4.69) is 4.98 Å². The van der Waals surface area contributed by atoms with Crippen LogP contribution in [-0.4, -0.2) is 28.4 Å². The number of carbonyl (C=O) groups is 1. The molecule has 4 heteroatoms. The molecule has 0 aromatic carbocycles. The van der Waals surface area contributed by atoms with E-state index < -0.39 is 6.04 Å². The highest BCUT2D eigenvalue weighted by molar-refractivity contribution is 5.81. The fourth-order valence-corrected chi connectivity index (χ4v) is 1.84. The van der Waals surface area contributed by atoms with Crippen molar-refractivity contribution >= 4 is 5.91 Å². The maximum atomic E-state index is 11.7. The van der Waals surface area contributed by atoms with Crippen LogP contribution in [-0.2, 0) is 17.8 Å². The summed E-state index contributed by atoms with van der Waals surface area (Å²) in [6.07, 6.45) is 2.62. The molecule has 2 N–H and O–H groups in total. The van der Waals surface area contributed by atoms with Gasteiger partial charge in [-0.1, -0.05) is 6.07 Å². The Morgan fingerprint density at radius 3 is 3.20 bits per heavy atom. The molecule has 1 atom stereocenters. The maximum Gasteiger partial charge on any atom is 0.239 e. The number of nitrogens with zero attached hydrogens (tertiary/aromatic N) is 2. The molecule has 0 aliphatic carbocycles. The van der Waals surface area contributed by atoms with Crippen LogP contribution in [0.3, 0.4) is 0 Å². The van der Waals surface area contributed by atoms with E-state index in [9.17, 15) is 4.79 Å². The van der Waals surface area contributed by atoms with Gasteiger partial charge in [0, 0.05) is 31.4 Å². The standard InChI is InChI=1S/C11H15N3O/c1-8(12)11(15)14-6-4-10-9(7-14)3-2-5-13-10/h2-3,5,8H,4,6-7,12H2,1H3/t8-/m0/s1. The molecule has 80 valence electrons. The number of nitrogens with two attached hydrogens (primary N) is 1. The van der Waals surface area contributed by atoms with E-state index >= 15 is 0 Å². The number of hydrogen-bond donors (Lipinski definition) is 1. The zero-order valence-electron chi connectivity index (χ0n) is 8.81. The van der Waals surface area contributed by atoms with Crippen LogP contribution < -0.4 is 5.73 Å². The third-order valence-electron chi connectivity index (χ3n) is 2.67. The Bertz CT molecular complexity index is 376. The Morgan fingerprint density at radius 2 is 2.47 bits per heavy atom. The smallest absolute Gasteiger partial charge is 0.239 e. The fourth-order valence-electron chi connectivity index (χ4n) is 1.84. The highest BCUT2D eigenvalue weighted by Crippen LogP contribution is 2.16. The summed E-state index contributed by atoms with van der Waals surface area (Å²) in [6, 6.07) is 3.50.